The van der Waals surface area contributed by atoms with Gasteiger partial charge in [-0.2, -0.15) is 13.2 Å². The molecule has 3 nitrogen and oxygen atoms in total. The summed E-state index contributed by atoms with van der Waals surface area (Å²) in [5.74, 6) is -1.66. The van der Waals surface area contributed by atoms with E-state index >= 15 is 0 Å². The summed E-state index contributed by atoms with van der Waals surface area (Å²) in [4.78, 5) is 3.24. The topological polar surface area (TPSA) is 42.4 Å². The second kappa shape index (κ2) is 5.39. The smallest absolute Gasteiger partial charge is 0.506 e. The van der Waals surface area contributed by atoms with E-state index < -0.39 is 29.7 Å². The first-order valence-electron chi connectivity index (χ1n) is 5.70. The predicted octanol–water partition coefficient (Wildman–Crippen LogP) is 4.37. The Morgan fingerprint density at radius 2 is 1.64 bits per heavy atom. The molecule has 0 bridgehead atoms. The second-order valence-electron chi connectivity index (χ2n) is 4.14. The zero-order chi connectivity index (χ0) is 16.5. The van der Waals surface area contributed by atoms with Gasteiger partial charge in [0.2, 0.25) is 0 Å². The Kier molecular flexibility index (Phi) is 3.90. The molecule has 1 N–H and O–H groups in total. The summed E-state index contributed by atoms with van der Waals surface area (Å²) in [6.07, 6.45) is -9.81. The molecule has 9 heteroatoms. The minimum absolute atomic E-state index is 0.0211. The summed E-state index contributed by atoms with van der Waals surface area (Å²) in [5.41, 5.74) is -1.79. The lowest BCUT2D eigenvalue weighted by Gasteiger charge is -2.12. The van der Waals surface area contributed by atoms with Crippen molar-refractivity contribution in [3.8, 4) is 22.8 Å². The van der Waals surface area contributed by atoms with Crippen LogP contribution >= 0.6 is 0 Å². The van der Waals surface area contributed by atoms with Crippen molar-refractivity contribution in [2.75, 3.05) is 0 Å². The van der Waals surface area contributed by atoms with Gasteiger partial charge in [0.1, 0.15) is 11.5 Å². The number of halogens is 6. The summed E-state index contributed by atoms with van der Waals surface area (Å²) in [6.45, 7) is 0. The van der Waals surface area contributed by atoms with Crippen LogP contribution < -0.4 is 4.74 Å². The molecule has 1 heterocycles. The van der Waals surface area contributed by atoms with Gasteiger partial charge >= 0.3 is 12.5 Å². The van der Waals surface area contributed by atoms with Gasteiger partial charge in [-0.25, -0.2) is 4.98 Å². The molecule has 0 unspecified atom stereocenters. The molecule has 2 aromatic rings. The van der Waals surface area contributed by atoms with Crippen LogP contribution in [0.4, 0.5) is 26.3 Å². The zero-order valence-electron chi connectivity index (χ0n) is 10.5. The van der Waals surface area contributed by atoms with Crippen molar-refractivity contribution in [2.45, 2.75) is 12.5 Å². The third-order valence-electron chi connectivity index (χ3n) is 2.51. The van der Waals surface area contributed by atoms with Crippen molar-refractivity contribution < 1.29 is 36.2 Å². The largest absolute Gasteiger partial charge is 0.573 e. The lowest BCUT2D eigenvalue weighted by Crippen LogP contribution is -2.17. The highest BCUT2D eigenvalue weighted by molar-refractivity contribution is 5.62. The average Bonchev–Trinajstić information content (AvgIpc) is 2.36. The molecule has 0 radical (unpaired) electrons. The summed E-state index contributed by atoms with van der Waals surface area (Å²) in [5, 5.41) is 9.17. The van der Waals surface area contributed by atoms with Crippen molar-refractivity contribution in [1.82, 2.24) is 4.98 Å². The molecule has 2 rings (SSSR count). The Morgan fingerprint density at radius 3 is 2.23 bits per heavy atom. The van der Waals surface area contributed by atoms with Crippen LogP contribution in [-0.4, -0.2) is 16.5 Å². The number of alkyl halides is 6. The fourth-order valence-electron chi connectivity index (χ4n) is 1.67. The summed E-state index contributed by atoms with van der Waals surface area (Å²) in [7, 11) is 0. The van der Waals surface area contributed by atoms with Crippen LogP contribution in [0.2, 0.25) is 0 Å². The number of aromatic hydroxyl groups is 1. The molecule has 0 atom stereocenters. The third kappa shape index (κ3) is 3.80. The van der Waals surface area contributed by atoms with Crippen LogP contribution in [0, 0.1) is 0 Å². The minimum atomic E-state index is -4.92. The molecule has 0 saturated carbocycles. The molecule has 1 aromatic heterocycles. The molecule has 0 saturated heterocycles. The summed E-state index contributed by atoms with van der Waals surface area (Å²) >= 11 is 0. The number of aromatic nitrogens is 1. The standard InChI is InChI=1S/C13H7F6NO2/c14-12(15,16)11-10(21)5-4-9(20-11)7-2-1-3-8(6-7)22-13(17,18)19/h1-6,21H. The fraction of sp³-hybridized carbons (Fsp3) is 0.154. The zero-order valence-corrected chi connectivity index (χ0v) is 10.5. The van der Waals surface area contributed by atoms with E-state index in [-0.39, 0.29) is 11.3 Å². The first-order chi connectivity index (χ1) is 10.1. The van der Waals surface area contributed by atoms with Crippen molar-refractivity contribution >= 4 is 0 Å². The van der Waals surface area contributed by atoms with Crippen LogP contribution in [0.25, 0.3) is 11.3 Å². The number of rotatable bonds is 2. The lowest BCUT2D eigenvalue weighted by molar-refractivity contribution is -0.274. The second-order valence-corrected chi connectivity index (χ2v) is 4.14. The first kappa shape index (κ1) is 15.9. The van der Waals surface area contributed by atoms with Crippen molar-refractivity contribution in [3.05, 3.63) is 42.1 Å². The van der Waals surface area contributed by atoms with Gasteiger partial charge in [0.05, 0.1) is 5.69 Å². The Bertz CT molecular complexity index is 681. The van der Waals surface area contributed by atoms with Gasteiger partial charge < -0.3 is 9.84 Å². The van der Waals surface area contributed by atoms with E-state index in [4.69, 9.17) is 5.11 Å². The molecular weight excluding hydrogens is 316 g/mol. The predicted molar refractivity (Wildman–Crippen MR) is 63.0 cm³/mol. The normalized spacial score (nSPS) is 12.3. The van der Waals surface area contributed by atoms with Gasteiger partial charge in [0.15, 0.2) is 5.69 Å². The van der Waals surface area contributed by atoms with Crippen LogP contribution in [-0.2, 0) is 6.18 Å². The summed E-state index contributed by atoms with van der Waals surface area (Å²) < 4.78 is 78.0. The van der Waals surface area contributed by atoms with Crippen molar-refractivity contribution in [2.24, 2.45) is 0 Å². The number of benzene rings is 1. The highest BCUT2D eigenvalue weighted by Gasteiger charge is 2.36. The van der Waals surface area contributed by atoms with Crippen molar-refractivity contribution in [1.29, 1.82) is 0 Å². The third-order valence-corrected chi connectivity index (χ3v) is 2.51. The molecule has 118 valence electrons. The Labute approximate surface area is 119 Å². The average molecular weight is 323 g/mol. The molecule has 0 aliphatic carbocycles. The lowest BCUT2D eigenvalue weighted by atomic mass is 10.1. The van der Waals surface area contributed by atoms with Gasteiger partial charge in [-0.3, -0.25) is 0 Å². The molecule has 0 spiro atoms. The number of ether oxygens (including phenoxy) is 1. The van der Waals surface area contributed by atoms with Crippen LogP contribution in [0.3, 0.4) is 0 Å². The monoisotopic (exact) mass is 323 g/mol. The quantitative estimate of drug-likeness (QED) is 0.835. The first-order valence-corrected chi connectivity index (χ1v) is 5.70. The highest BCUT2D eigenvalue weighted by Crippen LogP contribution is 2.36. The molecule has 0 aliphatic heterocycles. The Balaban J connectivity index is 2.43. The number of nitrogens with zero attached hydrogens (tertiary/aromatic N) is 1. The van der Waals surface area contributed by atoms with E-state index in [1.165, 1.54) is 12.1 Å². The maximum atomic E-state index is 12.7. The van der Waals surface area contributed by atoms with E-state index in [0.29, 0.717) is 0 Å². The molecular formula is C13H7F6NO2. The van der Waals surface area contributed by atoms with Crippen molar-refractivity contribution in [3.63, 3.8) is 0 Å². The highest BCUT2D eigenvalue weighted by atomic mass is 19.4. The van der Waals surface area contributed by atoms with E-state index in [1.54, 1.807) is 0 Å². The van der Waals surface area contributed by atoms with Crippen LogP contribution in [0.15, 0.2) is 36.4 Å². The molecule has 0 amide bonds. The maximum absolute atomic E-state index is 12.7. The van der Waals surface area contributed by atoms with Gasteiger partial charge in [-0.15, -0.1) is 13.2 Å². The van der Waals surface area contributed by atoms with E-state index in [2.05, 4.69) is 9.72 Å². The van der Waals surface area contributed by atoms with Gasteiger partial charge in [-0.1, -0.05) is 12.1 Å². The van der Waals surface area contributed by atoms with E-state index in [9.17, 15) is 26.3 Å². The van der Waals surface area contributed by atoms with Crippen LogP contribution in [0.5, 0.6) is 11.5 Å². The Morgan fingerprint density at radius 1 is 0.955 bits per heavy atom. The molecule has 0 fully saturated rings. The summed E-state index contributed by atoms with van der Waals surface area (Å²) in [6, 6.07) is 6.16. The Hall–Kier alpha value is -2.45. The number of hydrogen-bond acceptors (Lipinski definition) is 3. The van der Waals surface area contributed by atoms with Gasteiger partial charge in [-0.05, 0) is 24.3 Å². The van der Waals surface area contributed by atoms with Gasteiger partial charge in [0.25, 0.3) is 0 Å². The minimum Gasteiger partial charge on any atom is -0.506 e. The molecule has 1 aromatic carbocycles. The van der Waals surface area contributed by atoms with Gasteiger partial charge in [0, 0.05) is 5.56 Å². The van der Waals surface area contributed by atoms with E-state index in [0.717, 1.165) is 24.3 Å². The van der Waals surface area contributed by atoms with Crippen LogP contribution in [0.1, 0.15) is 5.69 Å². The maximum Gasteiger partial charge on any atom is 0.573 e. The number of pyridine rings is 1. The molecule has 22 heavy (non-hydrogen) atoms. The fourth-order valence-corrected chi connectivity index (χ4v) is 1.67. The SMILES string of the molecule is Oc1ccc(-c2cccc(OC(F)(F)F)c2)nc1C(F)(F)F. The van der Waals surface area contributed by atoms with E-state index in [1.807, 2.05) is 0 Å². The number of hydrogen-bond donors (Lipinski definition) is 1. The molecule has 0 aliphatic rings.